The molecule has 0 saturated carbocycles. The van der Waals surface area contributed by atoms with E-state index in [-0.39, 0.29) is 18.3 Å². The number of halogens is 1. The lowest BCUT2D eigenvalue weighted by Crippen LogP contribution is -2.27. The average molecular weight is 388 g/mol. The molecule has 0 spiro atoms. The quantitative estimate of drug-likeness (QED) is 0.589. The van der Waals surface area contributed by atoms with Gasteiger partial charge in [0.15, 0.2) is 0 Å². The lowest BCUT2D eigenvalue weighted by Gasteiger charge is -2.17. The number of hydrogen-bond acceptors (Lipinski definition) is 3. The smallest absolute Gasteiger partial charge is 0.316 e. The van der Waals surface area contributed by atoms with Crippen LogP contribution < -0.4 is 9.64 Å². The first-order valence-electron chi connectivity index (χ1n) is 7.79. The van der Waals surface area contributed by atoms with E-state index in [9.17, 15) is 9.59 Å². The van der Waals surface area contributed by atoms with Gasteiger partial charge in [-0.15, -0.1) is 0 Å². The Labute approximate surface area is 149 Å². The fourth-order valence-corrected chi connectivity index (χ4v) is 2.97. The third kappa shape index (κ3) is 3.51. The van der Waals surface area contributed by atoms with Gasteiger partial charge in [0.05, 0.1) is 5.92 Å². The predicted molar refractivity (Wildman–Crippen MR) is 96.2 cm³/mol. The summed E-state index contributed by atoms with van der Waals surface area (Å²) < 4.78 is 6.31. The van der Waals surface area contributed by atoms with Crippen molar-refractivity contribution in [1.29, 1.82) is 0 Å². The number of carbonyl (C=O) groups is 2. The van der Waals surface area contributed by atoms with E-state index in [0.717, 1.165) is 15.7 Å². The van der Waals surface area contributed by atoms with Crippen molar-refractivity contribution in [2.75, 3.05) is 11.4 Å². The van der Waals surface area contributed by atoms with Crippen LogP contribution in [0, 0.1) is 19.8 Å². The van der Waals surface area contributed by atoms with Gasteiger partial charge in [-0.05, 0) is 61.4 Å². The molecule has 2 aromatic carbocycles. The van der Waals surface area contributed by atoms with Crippen LogP contribution in [0.4, 0.5) is 5.69 Å². The topological polar surface area (TPSA) is 46.6 Å². The highest BCUT2D eigenvalue weighted by Crippen LogP contribution is 2.28. The molecule has 1 saturated heterocycles. The number of anilines is 1. The Balaban J connectivity index is 1.70. The van der Waals surface area contributed by atoms with Crippen molar-refractivity contribution in [3.8, 4) is 5.75 Å². The number of nitrogens with zero attached hydrogens (tertiary/aromatic N) is 1. The van der Waals surface area contributed by atoms with Crippen LogP contribution in [-0.4, -0.2) is 18.4 Å². The second-order valence-electron chi connectivity index (χ2n) is 6.05. The molecule has 1 fully saturated rings. The molecular weight excluding hydrogens is 370 g/mol. The molecule has 0 aromatic heterocycles. The zero-order valence-corrected chi connectivity index (χ0v) is 15.2. The van der Waals surface area contributed by atoms with E-state index in [1.807, 2.05) is 44.2 Å². The van der Waals surface area contributed by atoms with Crippen molar-refractivity contribution in [2.45, 2.75) is 20.3 Å². The van der Waals surface area contributed by atoms with Crippen LogP contribution in [0.2, 0.25) is 0 Å². The molecule has 2 aromatic rings. The number of rotatable bonds is 3. The lowest BCUT2D eigenvalue weighted by molar-refractivity contribution is -0.139. The van der Waals surface area contributed by atoms with Crippen molar-refractivity contribution in [2.24, 2.45) is 5.92 Å². The molecule has 124 valence electrons. The van der Waals surface area contributed by atoms with Crippen LogP contribution >= 0.6 is 15.9 Å². The summed E-state index contributed by atoms with van der Waals surface area (Å²) in [6.45, 7) is 4.40. The van der Waals surface area contributed by atoms with Crippen LogP contribution in [0.5, 0.6) is 5.75 Å². The monoisotopic (exact) mass is 387 g/mol. The van der Waals surface area contributed by atoms with Gasteiger partial charge in [0.2, 0.25) is 5.91 Å². The SMILES string of the molecule is Cc1ccc(N2C[C@@H](C(=O)Oc3ccc(Br)cc3)CC2=O)cc1C. The van der Waals surface area contributed by atoms with E-state index >= 15 is 0 Å². The summed E-state index contributed by atoms with van der Waals surface area (Å²) in [5.74, 6) is -0.365. The second-order valence-corrected chi connectivity index (χ2v) is 6.96. The summed E-state index contributed by atoms with van der Waals surface area (Å²) in [6, 6.07) is 13.0. The van der Waals surface area contributed by atoms with Crippen LogP contribution in [0.1, 0.15) is 17.5 Å². The Morgan fingerprint density at radius 1 is 1.12 bits per heavy atom. The van der Waals surface area contributed by atoms with Gasteiger partial charge in [0, 0.05) is 23.1 Å². The molecule has 5 heteroatoms. The van der Waals surface area contributed by atoms with Gasteiger partial charge in [0.25, 0.3) is 0 Å². The van der Waals surface area contributed by atoms with Crippen molar-refractivity contribution >= 4 is 33.5 Å². The summed E-state index contributed by atoms with van der Waals surface area (Å²) in [7, 11) is 0. The molecule has 0 aliphatic carbocycles. The van der Waals surface area contributed by atoms with E-state index < -0.39 is 5.92 Å². The second kappa shape index (κ2) is 6.77. The zero-order chi connectivity index (χ0) is 17.3. The Hall–Kier alpha value is -2.14. The first-order chi connectivity index (χ1) is 11.4. The summed E-state index contributed by atoms with van der Waals surface area (Å²) in [5.41, 5.74) is 3.14. The minimum absolute atomic E-state index is 0.0454. The molecule has 4 nitrogen and oxygen atoms in total. The molecule has 0 N–H and O–H groups in total. The lowest BCUT2D eigenvalue weighted by atomic mass is 10.1. The van der Waals surface area contributed by atoms with Crippen molar-refractivity contribution < 1.29 is 14.3 Å². The fourth-order valence-electron chi connectivity index (χ4n) is 2.71. The van der Waals surface area contributed by atoms with Gasteiger partial charge in [-0.2, -0.15) is 0 Å². The zero-order valence-electron chi connectivity index (χ0n) is 13.6. The van der Waals surface area contributed by atoms with Gasteiger partial charge in [-0.25, -0.2) is 0 Å². The number of aryl methyl sites for hydroxylation is 2. The number of carbonyl (C=O) groups excluding carboxylic acids is 2. The van der Waals surface area contributed by atoms with Crippen LogP contribution in [0.25, 0.3) is 0 Å². The summed E-state index contributed by atoms with van der Waals surface area (Å²) in [4.78, 5) is 26.3. The first-order valence-corrected chi connectivity index (χ1v) is 8.58. The van der Waals surface area contributed by atoms with Gasteiger partial charge < -0.3 is 9.64 Å². The summed E-state index contributed by atoms with van der Waals surface area (Å²) in [5, 5.41) is 0. The molecule has 1 aliphatic rings. The number of benzene rings is 2. The highest BCUT2D eigenvalue weighted by Gasteiger charge is 2.36. The molecule has 1 atom stereocenters. The van der Waals surface area contributed by atoms with Crippen LogP contribution in [0.15, 0.2) is 46.9 Å². The third-order valence-electron chi connectivity index (χ3n) is 4.29. The molecule has 24 heavy (non-hydrogen) atoms. The summed E-state index contributed by atoms with van der Waals surface area (Å²) >= 11 is 3.34. The molecule has 0 bridgehead atoms. The van der Waals surface area contributed by atoms with Crippen molar-refractivity contribution in [3.05, 3.63) is 58.1 Å². The van der Waals surface area contributed by atoms with Crippen molar-refractivity contribution in [3.63, 3.8) is 0 Å². The molecule has 0 radical (unpaired) electrons. The summed E-state index contributed by atoms with van der Waals surface area (Å²) in [6.07, 6.45) is 0.183. The number of amides is 1. The Bertz CT molecular complexity index is 786. The van der Waals surface area contributed by atoms with Crippen molar-refractivity contribution in [1.82, 2.24) is 0 Å². The first kappa shape index (κ1) is 16.7. The Kier molecular flexibility index (Phi) is 4.71. The predicted octanol–water partition coefficient (Wildman–Crippen LogP) is 4.02. The maximum Gasteiger partial charge on any atom is 0.316 e. The largest absolute Gasteiger partial charge is 0.426 e. The van der Waals surface area contributed by atoms with Crippen LogP contribution in [0.3, 0.4) is 0 Å². The Morgan fingerprint density at radius 2 is 1.83 bits per heavy atom. The van der Waals surface area contributed by atoms with Gasteiger partial charge in [-0.1, -0.05) is 22.0 Å². The van der Waals surface area contributed by atoms with Gasteiger partial charge in [0.1, 0.15) is 5.75 Å². The van der Waals surface area contributed by atoms with E-state index in [2.05, 4.69) is 15.9 Å². The standard InChI is InChI=1S/C19H18BrNO3/c1-12-3-6-16(9-13(12)2)21-11-14(10-18(21)22)19(23)24-17-7-4-15(20)5-8-17/h3-9,14H,10-11H2,1-2H3/t14-/m0/s1. The van der Waals surface area contributed by atoms with E-state index in [0.29, 0.717) is 12.3 Å². The number of esters is 1. The van der Waals surface area contributed by atoms with Crippen LogP contribution in [-0.2, 0) is 9.59 Å². The normalized spacial score (nSPS) is 17.2. The molecule has 1 amide bonds. The van der Waals surface area contributed by atoms with E-state index in [4.69, 9.17) is 4.74 Å². The molecule has 0 unspecified atom stereocenters. The highest BCUT2D eigenvalue weighted by molar-refractivity contribution is 9.10. The minimum atomic E-state index is -0.442. The highest BCUT2D eigenvalue weighted by atomic mass is 79.9. The van der Waals surface area contributed by atoms with Gasteiger partial charge >= 0.3 is 5.97 Å². The van der Waals surface area contributed by atoms with Gasteiger partial charge in [-0.3, -0.25) is 9.59 Å². The average Bonchev–Trinajstić information content (AvgIpc) is 2.94. The third-order valence-corrected chi connectivity index (χ3v) is 4.82. The van der Waals surface area contributed by atoms with E-state index in [1.165, 1.54) is 5.56 Å². The minimum Gasteiger partial charge on any atom is -0.426 e. The fraction of sp³-hybridized carbons (Fsp3) is 0.263. The van der Waals surface area contributed by atoms with E-state index in [1.54, 1.807) is 17.0 Å². The maximum absolute atomic E-state index is 12.3. The molecule has 3 rings (SSSR count). The molecular formula is C19H18BrNO3. The maximum atomic E-state index is 12.3. The number of hydrogen-bond donors (Lipinski definition) is 0. The molecule has 1 heterocycles. The number of ether oxygens (including phenoxy) is 1. The Morgan fingerprint density at radius 3 is 2.50 bits per heavy atom. The molecule has 1 aliphatic heterocycles.